The summed E-state index contributed by atoms with van der Waals surface area (Å²) in [7, 11) is 0. The molecule has 1 atom stereocenters. The molecule has 4 rings (SSSR count). The number of benzene rings is 2. The number of rotatable bonds is 4. The first kappa shape index (κ1) is 17.5. The topological polar surface area (TPSA) is 74.1 Å². The van der Waals surface area contributed by atoms with Crippen molar-refractivity contribution in [1.82, 2.24) is 5.01 Å². The number of fused-ring (bicyclic) bond motifs is 3. The first-order valence-corrected chi connectivity index (χ1v) is 9.64. The molecule has 0 bridgehead atoms. The molecule has 6 nitrogen and oxygen atoms in total. The number of anilines is 1. The van der Waals surface area contributed by atoms with E-state index in [-0.39, 0.29) is 23.5 Å². The smallest absolute Gasteiger partial charge is 0.234 e. The van der Waals surface area contributed by atoms with Crippen LogP contribution in [0.1, 0.15) is 35.3 Å². The number of Topliss-reactive ketones (excluding diaryl/α,β-unsaturated/α-hetero) is 1. The molecule has 0 radical (unpaired) electrons. The number of nitrogens with one attached hydrogen (secondary N) is 1. The van der Waals surface area contributed by atoms with Gasteiger partial charge in [-0.05, 0) is 25.1 Å². The summed E-state index contributed by atoms with van der Waals surface area (Å²) in [5, 5.41) is 9.82. The van der Waals surface area contributed by atoms with Gasteiger partial charge in [0.1, 0.15) is 0 Å². The normalized spacial score (nSPS) is 17.1. The SMILES string of the molecule is CC(=O)c1ccccc1NC(=O)CSC1=Nc2ccccc2[C@@H]2CC=NN12. The average molecular weight is 378 g/mol. The standard InChI is InChI=1S/C20H18N4O2S/c1-13(25)14-6-2-4-8-16(14)22-19(26)12-27-20-23-17-9-5-3-7-15(17)18-10-11-21-24(18)20/h2-9,11,18H,10,12H2,1H3,(H,22,26)/t18-/m0/s1. The molecule has 2 aliphatic heterocycles. The molecule has 7 heteroatoms. The van der Waals surface area contributed by atoms with Crippen LogP contribution in [0.2, 0.25) is 0 Å². The molecular weight excluding hydrogens is 360 g/mol. The van der Waals surface area contributed by atoms with Crippen molar-refractivity contribution < 1.29 is 9.59 Å². The Labute approximate surface area is 161 Å². The Morgan fingerprint density at radius 1 is 1.19 bits per heavy atom. The number of hydrogen-bond acceptors (Lipinski definition) is 6. The molecule has 0 aliphatic carbocycles. The van der Waals surface area contributed by atoms with Crippen LogP contribution in [0, 0.1) is 0 Å². The maximum Gasteiger partial charge on any atom is 0.234 e. The lowest BCUT2D eigenvalue weighted by molar-refractivity contribution is -0.113. The van der Waals surface area contributed by atoms with E-state index in [4.69, 9.17) is 0 Å². The summed E-state index contributed by atoms with van der Waals surface area (Å²) in [4.78, 5) is 28.8. The van der Waals surface area contributed by atoms with Crippen molar-refractivity contribution >= 4 is 46.2 Å². The maximum atomic E-state index is 12.4. The minimum Gasteiger partial charge on any atom is -0.325 e. The third-order valence-corrected chi connectivity index (χ3v) is 5.39. The van der Waals surface area contributed by atoms with Crippen molar-refractivity contribution in [3.05, 3.63) is 59.7 Å². The quantitative estimate of drug-likeness (QED) is 0.816. The van der Waals surface area contributed by atoms with Gasteiger partial charge in [0.15, 0.2) is 11.0 Å². The van der Waals surface area contributed by atoms with Crippen LogP contribution in [0.5, 0.6) is 0 Å². The number of hydrazone groups is 1. The lowest BCUT2D eigenvalue weighted by Crippen LogP contribution is -2.29. The zero-order valence-corrected chi connectivity index (χ0v) is 15.6. The minimum atomic E-state index is -0.185. The van der Waals surface area contributed by atoms with Crippen LogP contribution in [0.15, 0.2) is 58.6 Å². The van der Waals surface area contributed by atoms with Crippen molar-refractivity contribution in [3.8, 4) is 0 Å². The number of hydrogen-bond donors (Lipinski definition) is 1. The van der Waals surface area contributed by atoms with E-state index in [1.54, 1.807) is 24.3 Å². The molecule has 0 aromatic heterocycles. The molecule has 2 aromatic carbocycles. The lowest BCUT2D eigenvalue weighted by atomic mass is 10.0. The van der Waals surface area contributed by atoms with Crippen LogP contribution < -0.4 is 5.32 Å². The Balaban J connectivity index is 1.47. The van der Waals surface area contributed by atoms with Gasteiger partial charge < -0.3 is 5.32 Å². The summed E-state index contributed by atoms with van der Waals surface area (Å²) < 4.78 is 0. The number of nitrogens with zero attached hydrogens (tertiary/aromatic N) is 3. The third-order valence-electron chi connectivity index (χ3n) is 4.45. The van der Waals surface area contributed by atoms with Gasteiger partial charge in [-0.2, -0.15) is 5.10 Å². The van der Waals surface area contributed by atoms with Gasteiger partial charge in [0.25, 0.3) is 0 Å². The Morgan fingerprint density at radius 2 is 1.96 bits per heavy atom. The molecule has 2 aromatic rings. The van der Waals surface area contributed by atoms with Gasteiger partial charge in [-0.1, -0.05) is 42.1 Å². The van der Waals surface area contributed by atoms with E-state index in [1.165, 1.54) is 18.7 Å². The Bertz CT molecular complexity index is 970. The van der Waals surface area contributed by atoms with Crippen molar-refractivity contribution in [2.24, 2.45) is 10.1 Å². The molecule has 1 amide bonds. The summed E-state index contributed by atoms with van der Waals surface area (Å²) in [6.45, 7) is 1.49. The largest absolute Gasteiger partial charge is 0.325 e. The molecule has 27 heavy (non-hydrogen) atoms. The van der Waals surface area contributed by atoms with E-state index in [0.29, 0.717) is 16.4 Å². The molecule has 0 spiro atoms. The first-order chi connectivity index (χ1) is 13.1. The second-order valence-electron chi connectivity index (χ2n) is 6.29. The first-order valence-electron chi connectivity index (χ1n) is 8.65. The maximum absolute atomic E-state index is 12.4. The monoisotopic (exact) mass is 378 g/mol. The zero-order valence-electron chi connectivity index (χ0n) is 14.8. The Hall–Kier alpha value is -2.93. The molecule has 2 heterocycles. The fourth-order valence-electron chi connectivity index (χ4n) is 3.20. The molecule has 1 N–H and O–H groups in total. The van der Waals surface area contributed by atoms with Crippen molar-refractivity contribution in [2.45, 2.75) is 19.4 Å². The van der Waals surface area contributed by atoms with Crippen LogP contribution in [0.3, 0.4) is 0 Å². The molecule has 2 aliphatic rings. The Morgan fingerprint density at radius 3 is 2.81 bits per heavy atom. The highest BCUT2D eigenvalue weighted by Gasteiger charge is 2.32. The van der Waals surface area contributed by atoms with Crippen LogP contribution in [0.25, 0.3) is 0 Å². The molecule has 0 saturated heterocycles. The molecule has 0 saturated carbocycles. The summed E-state index contributed by atoms with van der Waals surface area (Å²) >= 11 is 1.34. The number of amidine groups is 1. The predicted molar refractivity (Wildman–Crippen MR) is 109 cm³/mol. The third kappa shape index (κ3) is 3.50. The van der Waals surface area contributed by atoms with E-state index in [0.717, 1.165) is 17.7 Å². The van der Waals surface area contributed by atoms with Gasteiger partial charge in [0, 0.05) is 23.8 Å². The number of thioether (sulfide) groups is 1. The van der Waals surface area contributed by atoms with Gasteiger partial charge >= 0.3 is 0 Å². The van der Waals surface area contributed by atoms with Crippen LogP contribution in [0.4, 0.5) is 11.4 Å². The predicted octanol–water partition coefficient (Wildman–Crippen LogP) is 3.99. The van der Waals surface area contributed by atoms with Gasteiger partial charge in [-0.15, -0.1) is 0 Å². The number of para-hydroxylation sites is 2. The van der Waals surface area contributed by atoms with E-state index < -0.39 is 0 Å². The second-order valence-corrected chi connectivity index (χ2v) is 7.23. The van der Waals surface area contributed by atoms with Gasteiger partial charge in [-0.25, -0.2) is 10.0 Å². The minimum absolute atomic E-state index is 0.0824. The number of carbonyl (C=O) groups excluding carboxylic acids is 2. The summed E-state index contributed by atoms with van der Waals surface area (Å²) in [6, 6.07) is 15.2. The number of amides is 1. The number of carbonyl (C=O) groups is 2. The number of ketones is 1. The van der Waals surface area contributed by atoms with Crippen LogP contribution in [-0.4, -0.2) is 33.8 Å². The zero-order chi connectivity index (χ0) is 18.8. The van der Waals surface area contributed by atoms with E-state index in [1.807, 2.05) is 29.4 Å². The van der Waals surface area contributed by atoms with Crippen LogP contribution >= 0.6 is 11.8 Å². The fraction of sp³-hybridized carbons (Fsp3) is 0.200. The average Bonchev–Trinajstić information content (AvgIpc) is 3.17. The van der Waals surface area contributed by atoms with Crippen LogP contribution in [-0.2, 0) is 4.79 Å². The molecule has 0 unspecified atom stereocenters. The summed E-state index contributed by atoms with van der Waals surface area (Å²) in [5.74, 6) is -0.0811. The summed E-state index contributed by atoms with van der Waals surface area (Å²) in [5.41, 5.74) is 3.11. The summed E-state index contributed by atoms with van der Waals surface area (Å²) in [6.07, 6.45) is 2.71. The van der Waals surface area contributed by atoms with E-state index in [2.05, 4.69) is 21.5 Å². The van der Waals surface area contributed by atoms with E-state index >= 15 is 0 Å². The second kappa shape index (κ2) is 7.36. The van der Waals surface area contributed by atoms with Gasteiger partial charge in [0.05, 0.1) is 23.2 Å². The molecule has 136 valence electrons. The van der Waals surface area contributed by atoms with Crippen molar-refractivity contribution in [1.29, 1.82) is 0 Å². The highest BCUT2D eigenvalue weighted by Crippen LogP contribution is 2.40. The number of aliphatic imine (C=N–C) groups is 1. The highest BCUT2D eigenvalue weighted by atomic mass is 32.2. The van der Waals surface area contributed by atoms with Gasteiger partial charge in [-0.3, -0.25) is 9.59 Å². The van der Waals surface area contributed by atoms with Crippen molar-refractivity contribution in [3.63, 3.8) is 0 Å². The molecular formula is C20H18N4O2S. The highest BCUT2D eigenvalue weighted by molar-refractivity contribution is 8.14. The van der Waals surface area contributed by atoms with E-state index in [9.17, 15) is 9.59 Å². The lowest BCUT2D eigenvalue weighted by Gasteiger charge is -2.29. The van der Waals surface area contributed by atoms with Crippen molar-refractivity contribution in [2.75, 3.05) is 11.1 Å². The molecule has 0 fully saturated rings. The van der Waals surface area contributed by atoms with Gasteiger partial charge in [0.2, 0.25) is 5.91 Å². The fourth-order valence-corrected chi connectivity index (χ4v) is 4.00. The Kier molecular flexibility index (Phi) is 4.77.